The summed E-state index contributed by atoms with van der Waals surface area (Å²) in [5.74, 6) is -1.72. The first-order valence-electron chi connectivity index (χ1n) is 8.24. The molecule has 1 aliphatic rings. The number of anilines is 1. The maximum atomic E-state index is 12.5. The summed E-state index contributed by atoms with van der Waals surface area (Å²) >= 11 is 1.27. The summed E-state index contributed by atoms with van der Waals surface area (Å²) in [4.78, 5) is 49.9. The molecule has 9 heteroatoms. The molecule has 1 aliphatic heterocycles. The van der Waals surface area contributed by atoms with Crippen LogP contribution in [0.3, 0.4) is 0 Å². The largest absolute Gasteiger partial charge is 0.462 e. The van der Waals surface area contributed by atoms with Crippen LogP contribution in [0.15, 0.2) is 41.8 Å². The summed E-state index contributed by atoms with van der Waals surface area (Å²) in [6.07, 6.45) is -0.0802. The molecule has 0 unspecified atom stereocenters. The summed E-state index contributed by atoms with van der Waals surface area (Å²) in [7, 11) is 0. The summed E-state index contributed by atoms with van der Waals surface area (Å²) in [5, 5.41) is 1.76. The van der Waals surface area contributed by atoms with Crippen LogP contribution in [0.1, 0.15) is 33.4 Å². The van der Waals surface area contributed by atoms with E-state index in [1.807, 2.05) is 0 Å². The third-order valence-corrected chi connectivity index (χ3v) is 4.76. The third-order valence-electron chi connectivity index (χ3n) is 3.89. The Morgan fingerprint density at radius 2 is 1.96 bits per heavy atom. The van der Waals surface area contributed by atoms with Crippen molar-refractivity contribution in [1.29, 1.82) is 0 Å². The summed E-state index contributed by atoms with van der Waals surface area (Å²) in [5.41, 5.74) is 5.75. The third kappa shape index (κ3) is 4.04. The fraction of sp³-hybridized carbons (Fsp3) is 0.222. The molecule has 8 nitrogen and oxygen atoms in total. The lowest BCUT2D eigenvalue weighted by atomic mass is 10.2. The number of imide groups is 1. The lowest BCUT2D eigenvalue weighted by Gasteiger charge is -2.16. The number of hydrazine groups is 1. The Morgan fingerprint density at radius 3 is 2.59 bits per heavy atom. The highest BCUT2D eigenvalue weighted by Gasteiger charge is 2.39. The van der Waals surface area contributed by atoms with Crippen LogP contribution in [-0.2, 0) is 14.3 Å². The standard InChI is InChI=1S/C18H17N3O5S/c1-2-26-18(25)11-5-7-12(8-6-11)21-15(22)10-13(17(21)24)19-20-16(23)14-4-3-9-27-14/h3-9,13,19H,2,10H2,1H3,(H,20,23)/t13-/m0/s1. The Bertz CT molecular complexity index is 864. The highest BCUT2D eigenvalue weighted by Crippen LogP contribution is 2.23. The summed E-state index contributed by atoms with van der Waals surface area (Å²) in [6.45, 7) is 1.96. The van der Waals surface area contributed by atoms with Gasteiger partial charge in [-0.25, -0.2) is 15.1 Å². The van der Waals surface area contributed by atoms with Gasteiger partial charge < -0.3 is 4.74 Å². The van der Waals surface area contributed by atoms with Crippen LogP contribution >= 0.6 is 11.3 Å². The molecule has 0 radical (unpaired) electrons. The number of carbonyl (C=O) groups excluding carboxylic acids is 4. The number of rotatable bonds is 6. The molecule has 0 aliphatic carbocycles. The average molecular weight is 387 g/mol. The normalized spacial score (nSPS) is 16.5. The number of thiophene rings is 1. The molecule has 2 aromatic rings. The molecule has 140 valence electrons. The Labute approximate surface area is 159 Å². The molecular formula is C18H17N3O5S. The van der Waals surface area contributed by atoms with Gasteiger partial charge in [0, 0.05) is 0 Å². The average Bonchev–Trinajstić information content (AvgIpc) is 3.29. The van der Waals surface area contributed by atoms with Gasteiger partial charge in [-0.15, -0.1) is 11.3 Å². The molecule has 1 aromatic heterocycles. The van der Waals surface area contributed by atoms with Crippen LogP contribution in [0, 0.1) is 0 Å². The van der Waals surface area contributed by atoms with Gasteiger partial charge in [0.05, 0.1) is 29.2 Å². The number of hydrogen-bond acceptors (Lipinski definition) is 7. The smallest absolute Gasteiger partial charge is 0.338 e. The van der Waals surface area contributed by atoms with Gasteiger partial charge in [0.2, 0.25) is 5.91 Å². The second-order valence-corrected chi connectivity index (χ2v) is 6.61. The van der Waals surface area contributed by atoms with Gasteiger partial charge in [-0.2, -0.15) is 0 Å². The zero-order valence-electron chi connectivity index (χ0n) is 14.4. The van der Waals surface area contributed by atoms with Crippen molar-refractivity contribution in [2.75, 3.05) is 11.5 Å². The van der Waals surface area contributed by atoms with Gasteiger partial charge in [-0.05, 0) is 42.6 Å². The molecule has 27 heavy (non-hydrogen) atoms. The summed E-state index contributed by atoms with van der Waals surface area (Å²) < 4.78 is 4.90. The van der Waals surface area contributed by atoms with Gasteiger partial charge in [0.15, 0.2) is 0 Å². The van der Waals surface area contributed by atoms with E-state index in [9.17, 15) is 19.2 Å². The predicted octanol–water partition coefficient (Wildman–Crippen LogP) is 1.49. The molecule has 3 rings (SSSR count). The number of nitrogens with one attached hydrogen (secondary N) is 2. The van der Waals surface area contributed by atoms with Gasteiger partial charge in [-0.1, -0.05) is 6.07 Å². The van der Waals surface area contributed by atoms with Crippen molar-refractivity contribution in [3.63, 3.8) is 0 Å². The van der Waals surface area contributed by atoms with E-state index in [1.165, 1.54) is 35.6 Å². The van der Waals surface area contributed by atoms with Crippen LogP contribution in [0.5, 0.6) is 0 Å². The van der Waals surface area contributed by atoms with Gasteiger partial charge in [-0.3, -0.25) is 19.8 Å². The molecule has 2 N–H and O–H groups in total. The van der Waals surface area contributed by atoms with Gasteiger partial charge >= 0.3 is 5.97 Å². The maximum absolute atomic E-state index is 12.5. The minimum Gasteiger partial charge on any atom is -0.462 e. The molecule has 3 amide bonds. The van der Waals surface area contributed by atoms with E-state index in [-0.39, 0.29) is 18.9 Å². The molecule has 0 spiro atoms. The number of nitrogens with zero attached hydrogens (tertiary/aromatic N) is 1. The van der Waals surface area contributed by atoms with E-state index in [0.29, 0.717) is 16.1 Å². The molecule has 0 bridgehead atoms. The lowest BCUT2D eigenvalue weighted by Crippen LogP contribution is -2.48. The fourth-order valence-corrected chi connectivity index (χ4v) is 3.22. The number of amides is 3. The molecule has 1 saturated heterocycles. The first-order valence-corrected chi connectivity index (χ1v) is 9.12. The van der Waals surface area contributed by atoms with E-state index in [4.69, 9.17) is 4.74 Å². The zero-order valence-corrected chi connectivity index (χ0v) is 15.2. The van der Waals surface area contributed by atoms with E-state index in [0.717, 1.165) is 4.90 Å². The van der Waals surface area contributed by atoms with Crippen LogP contribution in [-0.4, -0.2) is 36.3 Å². The topological polar surface area (TPSA) is 105 Å². The molecule has 1 fully saturated rings. The Hall–Kier alpha value is -3.04. The van der Waals surface area contributed by atoms with Crippen LogP contribution in [0.2, 0.25) is 0 Å². The van der Waals surface area contributed by atoms with Gasteiger partial charge in [0.1, 0.15) is 6.04 Å². The number of ether oxygens (including phenoxy) is 1. The van der Waals surface area contributed by atoms with Crippen LogP contribution in [0.4, 0.5) is 5.69 Å². The van der Waals surface area contributed by atoms with Crippen molar-refractivity contribution in [3.05, 3.63) is 52.2 Å². The van der Waals surface area contributed by atoms with E-state index in [2.05, 4.69) is 10.9 Å². The van der Waals surface area contributed by atoms with Crippen molar-refractivity contribution in [2.24, 2.45) is 0 Å². The maximum Gasteiger partial charge on any atom is 0.338 e. The molecule has 0 saturated carbocycles. The van der Waals surface area contributed by atoms with E-state index in [1.54, 1.807) is 24.4 Å². The Kier molecular flexibility index (Phi) is 5.63. The number of esters is 1. The fourth-order valence-electron chi connectivity index (χ4n) is 2.60. The molecule has 1 atom stereocenters. The highest BCUT2D eigenvalue weighted by molar-refractivity contribution is 7.12. The van der Waals surface area contributed by atoms with Crippen LogP contribution < -0.4 is 15.8 Å². The number of hydrogen-bond donors (Lipinski definition) is 2. The van der Waals surface area contributed by atoms with Crippen molar-refractivity contribution in [1.82, 2.24) is 10.9 Å². The van der Waals surface area contributed by atoms with Crippen LogP contribution in [0.25, 0.3) is 0 Å². The SMILES string of the molecule is CCOC(=O)c1ccc(N2C(=O)C[C@H](NNC(=O)c3cccs3)C2=O)cc1. The van der Waals surface area contributed by atoms with Crippen molar-refractivity contribution in [2.45, 2.75) is 19.4 Å². The number of carbonyl (C=O) groups is 4. The van der Waals surface area contributed by atoms with Gasteiger partial charge in [0.25, 0.3) is 11.8 Å². The molecular weight excluding hydrogens is 370 g/mol. The van der Waals surface area contributed by atoms with Crippen molar-refractivity contribution < 1.29 is 23.9 Å². The minimum absolute atomic E-state index is 0.0802. The molecule has 2 heterocycles. The first kappa shape index (κ1) is 18.7. The van der Waals surface area contributed by atoms with E-state index >= 15 is 0 Å². The Balaban J connectivity index is 1.65. The Morgan fingerprint density at radius 1 is 1.22 bits per heavy atom. The number of benzene rings is 1. The predicted molar refractivity (Wildman–Crippen MR) is 98.2 cm³/mol. The summed E-state index contributed by atoms with van der Waals surface area (Å²) in [6, 6.07) is 8.54. The zero-order chi connectivity index (χ0) is 19.4. The molecule has 1 aromatic carbocycles. The first-order chi connectivity index (χ1) is 13.0. The van der Waals surface area contributed by atoms with Crippen molar-refractivity contribution >= 4 is 40.7 Å². The van der Waals surface area contributed by atoms with Crippen molar-refractivity contribution in [3.8, 4) is 0 Å². The highest BCUT2D eigenvalue weighted by atomic mass is 32.1. The lowest BCUT2D eigenvalue weighted by molar-refractivity contribution is -0.121. The monoisotopic (exact) mass is 387 g/mol. The quantitative estimate of drug-likeness (QED) is 0.442. The second-order valence-electron chi connectivity index (χ2n) is 5.67. The van der Waals surface area contributed by atoms with E-state index < -0.39 is 23.8 Å². The minimum atomic E-state index is -0.855. The second kappa shape index (κ2) is 8.11.